The van der Waals surface area contributed by atoms with Crippen molar-refractivity contribution in [1.82, 2.24) is 5.43 Å². The normalized spacial score (nSPS) is 28.2. The van der Waals surface area contributed by atoms with Crippen LogP contribution in [0.15, 0.2) is 23.3 Å². The fourth-order valence-corrected chi connectivity index (χ4v) is 3.67. The van der Waals surface area contributed by atoms with Crippen LogP contribution in [0.25, 0.3) is 0 Å². The van der Waals surface area contributed by atoms with Crippen molar-refractivity contribution in [2.75, 3.05) is 0 Å². The highest BCUT2D eigenvalue weighted by Crippen LogP contribution is 2.47. The number of nitrogens with one attached hydrogen (secondary N) is 1. The predicted octanol–water partition coefficient (Wildman–Crippen LogP) is 4.15. The average molecular weight is 311 g/mol. The van der Waals surface area contributed by atoms with Gasteiger partial charge in [-0.1, -0.05) is 29.6 Å². The molecule has 1 amide bonds. The van der Waals surface area contributed by atoms with Crippen molar-refractivity contribution in [3.63, 3.8) is 0 Å². The summed E-state index contributed by atoms with van der Waals surface area (Å²) >= 11 is 11.7. The van der Waals surface area contributed by atoms with E-state index in [4.69, 9.17) is 23.2 Å². The summed E-state index contributed by atoms with van der Waals surface area (Å²) in [6, 6.07) is 4.79. The summed E-state index contributed by atoms with van der Waals surface area (Å²) in [6.45, 7) is 0. The summed E-state index contributed by atoms with van der Waals surface area (Å²) in [5.74, 6) is 1.92. The summed E-state index contributed by atoms with van der Waals surface area (Å²) in [5.41, 5.74) is 3.02. The monoisotopic (exact) mass is 310 g/mol. The molecule has 2 saturated carbocycles. The number of fused-ring (bicyclic) bond motifs is 2. The molecule has 0 aliphatic heterocycles. The van der Waals surface area contributed by atoms with Gasteiger partial charge in [-0.2, -0.15) is 5.10 Å². The molecule has 2 bridgehead atoms. The van der Waals surface area contributed by atoms with Gasteiger partial charge in [0.05, 0.1) is 10.0 Å². The second kappa shape index (κ2) is 5.74. The maximum absolute atomic E-state index is 11.9. The van der Waals surface area contributed by atoms with E-state index in [0.29, 0.717) is 21.5 Å². The Balaban J connectivity index is 1.57. The van der Waals surface area contributed by atoms with Crippen LogP contribution in [-0.2, 0) is 0 Å². The summed E-state index contributed by atoms with van der Waals surface area (Å²) in [6.07, 6.45) is 7.13. The molecule has 0 unspecified atom stereocenters. The quantitative estimate of drug-likeness (QED) is 0.661. The minimum absolute atomic E-state index is 0.261. The first kappa shape index (κ1) is 13.9. The van der Waals surface area contributed by atoms with Crippen molar-refractivity contribution in [2.24, 2.45) is 22.9 Å². The number of rotatable bonds is 3. The van der Waals surface area contributed by atoms with E-state index in [2.05, 4.69) is 10.5 Å². The van der Waals surface area contributed by atoms with E-state index in [1.165, 1.54) is 25.7 Å². The predicted molar refractivity (Wildman–Crippen MR) is 81.4 cm³/mol. The fourth-order valence-electron chi connectivity index (χ4n) is 3.37. The van der Waals surface area contributed by atoms with E-state index in [1.54, 1.807) is 18.2 Å². The van der Waals surface area contributed by atoms with E-state index < -0.39 is 0 Å². The number of hydrogen-bond donors (Lipinski definition) is 1. The van der Waals surface area contributed by atoms with Crippen molar-refractivity contribution in [3.05, 3.63) is 33.8 Å². The minimum atomic E-state index is -0.261. The van der Waals surface area contributed by atoms with Crippen molar-refractivity contribution in [1.29, 1.82) is 0 Å². The molecule has 106 valence electrons. The topological polar surface area (TPSA) is 41.5 Å². The van der Waals surface area contributed by atoms with Gasteiger partial charge in [-0.25, -0.2) is 5.43 Å². The van der Waals surface area contributed by atoms with Gasteiger partial charge >= 0.3 is 0 Å². The zero-order valence-corrected chi connectivity index (χ0v) is 12.5. The molecular formula is C15H16Cl2N2O. The SMILES string of the molecule is O=C(N/N=C\[C@H]1C[C@@H]2CC[C@@H]1C2)c1ccc(Cl)c(Cl)c1. The Kier molecular flexibility index (Phi) is 3.99. The molecule has 1 N–H and O–H groups in total. The van der Waals surface area contributed by atoms with Gasteiger partial charge in [0.15, 0.2) is 0 Å². The molecule has 2 fully saturated rings. The van der Waals surface area contributed by atoms with Gasteiger partial charge in [0, 0.05) is 11.8 Å². The van der Waals surface area contributed by atoms with Crippen molar-refractivity contribution in [2.45, 2.75) is 25.7 Å². The third-order valence-electron chi connectivity index (χ3n) is 4.41. The second-order valence-corrected chi connectivity index (χ2v) is 6.50. The lowest BCUT2D eigenvalue weighted by atomic mass is 9.90. The number of hydrogen-bond acceptors (Lipinski definition) is 2. The first-order chi connectivity index (χ1) is 9.63. The average Bonchev–Trinajstić information content (AvgIpc) is 3.04. The highest BCUT2D eigenvalue weighted by molar-refractivity contribution is 6.42. The highest BCUT2D eigenvalue weighted by Gasteiger charge is 2.38. The van der Waals surface area contributed by atoms with E-state index in [9.17, 15) is 4.79 Å². The zero-order valence-electron chi connectivity index (χ0n) is 11.0. The van der Waals surface area contributed by atoms with Crippen LogP contribution < -0.4 is 5.43 Å². The van der Waals surface area contributed by atoms with Gasteiger partial charge in [0.2, 0.25) is 0 Å². The Hall–Kier alpha value is -1.06. The maximum atomic E-state index is 11.9. The van der Waals surface area contributed by atoms with E-state index in [0.717, 1.165) is 11.8 Å². The molecule has 0 radical (unpaired) electrons. The largest absolute Gasteiger partial charge is 0.271 e. The molecule has 0 spiro atoms. The summed E-state index contributed by atoms with van der Waals surface area (Å²) < 4.78 is 0. The summed E-state index contributed by atoms with van der Waals surface area (Å²) in [7, 11) is 0. The number of halogens is 2. The van der Waals surface area contributed by atoms with Crippen molar-refractivity contribution >= 4 is 35.3 Å². The number of benzene rings is 1. The van der Waals surface area contributed by atoms with Gasteiger partial charge < -0.3 is 0 Å². The Morgan fingerprint density at radius 1 is 1.25 bits per heavy atom. The highest BCUT2D eigenvalue weighted by atomic mass is 35.5. The first-order valence-electron chi connectivity index (χ1n) is 6.92. The van der Waals surface area contributed by atoms with Gasteiger partial charge in [0.1, 0.15) is 0 Å². The van der Waals surface area contributed by atoms with Crippen LogP contribution in [-0.4, -0.2) is 12.1 Å². The molecular weight excluding hydrogens is 295 g/mol. The smallest absolute Gasteiger partial charge is 0.267 e. The van der Waals surface area contributed by atoms with Crippen LogP contribution in [0.1, 0.15) is 36.0 Å². The molecule has 1 aromatic rings. The van der Waals surface area contributed by atoms with Crippen molar-refractivity contribution < 1.29 is 4.79 Å². The van der Waals surface area contributed by atoms with Gasteiger partial charge in [-0.15, -0.1) is 0 Å². The molecule has 2 aliphatic rings. The minimum Gasteiger partial charge on any atom is -0.267 e. The lowest BCUT2D eigenvalue weighted by molar-refractivity contribution is 0.0955. The van der Waals surface area contributed by atoms with E-state index in [-0.39, 0.29) is 5.91 Å². The number of hydrazone groups is 1. The molecule has 3 nitrogen and oxygen atoms in total. The van der Waals surface area contributed by atoms with Gasteiger partial charge in [-0.3, -0.25) is 4.79 Å². The number of nitrogens with zero attached hydrogens (tertiary/aromatic N) is 1. The van der Waals surface area contributed by atoms with Crippen LogP contribution in [0.3, 0.4) is 0 Å². The Morgan fingerprint density at radius 2 is 2.10 bits per heavy atom. The molecule has 0 heterocycles. The standard InChI is InChI=1S/C15H16Cl2N2O/c16-13-4-3-11(7-14(13)17)15(20)19-18-8-12-6-9-1-2-10(12)5-9/h3-4,7-10,12H,1-2,5-6H2,(H,19,20)/b18-8-/t9-,10-,12-/m1/s1. The van der Waals surface area contributed by atoms with Crippen LogP contribution in [0.5, 0.6) is 0 Å². The third-order valence-corrected chi connectivity index (χ3v) is 5.15. The lowest BCUT2D eigenvalue weighted by Gasteiger charge is -2.16. The van der Waals surface area contributed by atoms with E-state index >= 15 is 0 Å². The fraction of sp³-hybridized carbons (Fsp3) is 0.467. The van der Waals surface area contributed by atoms with E-state index in [1.807, 2.05) is 6.21 Å². The number of carbonyl (C=O) groups excluding carboxylic acids is 1. The molecule has 3 atom stereocenters. The first-order valence-corrected chi connectivity index (χ1v) is 7.67. The maximum Gasteiger partial charge on any atom is 0.271 e. The lowest BCUT2D eigenvalue weighted by Crippen LogP contribution is -2.20. The molecule has 5 heteroatoms. The zero-order chi connectivity index (χ0) is 14.1. The van der Waals surface area contributed by atoms with Gasteiger partial charge in [0.25, 0.3) is 5.91 Å². The Labute approximate surface area is 128 Å². The number of carbonyl (C=O) groups is 1. The third kappa shape index (κ3) is 2.84. The molecule has 0 aromatic heterocycles. The molecule has 0 saturated heterocycles. The summed E-state index contributed by atoms with van der Waals surface area (Å²) in [4.78, 5) is 11.9. The van der Waals surface area contributed by atoms with Crippen LogP contribution in [0, 0.1) is 17.8 Å². The summed E-state index contributed by atoms with van der Waals surface area (Å²) in [5, 5.41) is 4.91. The molecule has 1 aromatic carbocycles. The molecule has 20 heavy (non-hydrogen) atoms. The van der Waals surface area contributed by atoms with Crippen LogP contribution in [0.2, 0.25) is 10.0 Å². The molecule has 2 aliphatic carbocycles. The Morgan fingerprint density at radius 3 is 2.75 bits per heavy atom. The Bertz CT molecular complexity index is 559. The van der Waals surface area contributed by atoms with Crippen molar-refractivity contribution in [3.8, 4) is 0 Å². The number of amides is 1. The van der Waals surface area contributed by atoms with Gasteiger partial charge in [-0.05, 0) is 55.2 Å². The second-order valence-electron chi connectivity index (χ2n) is 5.69. The van der Waals surface area contributed by atoms with Crippen LogP contribution >= 0.6 is 23.2 Å². The molecule has 3 rings (SSSR count). The van der Waals surface area contributed by atoms with Crippen LogP contribution in [0.4, 0.5) is 0 Å².